The third-order valence-corrected chi connectivity index (χ3v) is 7.09. The number of ether oxygens (including phenoxy) is 1. The fourth-order valence-corrected chi connectivity index (χ4v) is 5.20. The molecule has 0 amide bonds. The summed E-state index contributed by atoms with van der Waals surface area (Å²) in [6.45, 7) is 5.46. The summed E-state index contributed by atoms with van der Waals surface area (Å²) in [5.41, 5.74) is 1.38. The van der Waals surface area contributed by atoms with Gasteiger partial charge in [0.15, 0.2) is 5.78 Å². The van der Waals surface area contributed by atoms with E-state index in [4.69, 9.17) is 16.3 Å². The molecule has 0 saturated carbocycles. The van der Waals surface area contributed by atoms with E-state index >= 15 is 0 Å². The van der Waals surface area contributed by atoms with Crippen molar-refractivity contribution < 1.29 is 27.9 Å². The number of nitrogens with one attached hydrogen (secondary N) is 1. The number of hydrogen-bond acceptors (Lipinski definition) is 6. The summed E-state index contributed by atoms with van der Waals surface area (Å²) in [4.78, 5) is 15.3. The fraction of sp³-hybridized carbons (Fsp3) is 0.250. The zero-order chi connectivity index (χ0) is 24.5. The first-order valence-electron chi connectivity index (χ1n) is 10.7. The fourth-order valence-electron chi connectivity index (χ4n) is 3.95. The molecule has 178 valence electrons. The molecule has 1 aromatic heterocycles. The first-order valence-corrected chi connectivity index (χ1v) is 12.6. The molecule has 34 heavy (non-hydrogen) atoms. The molecule has 0 radical (unpaired) electrons. The van der Waals surface area contributed by atoms with E-state index in [1.807, 2.05) is 13.8 Å². The molecule has 0 aliphatic carbocycles. The van der Waals surface area contributed by atoms with Gasteiger partial charge in [0.25, 0.3) is 10.0 Å². The number of pyridine rings is 1. The molecule has 0 spiro atoms. The molecule has 0 bridgehead atoms. The van der Waals surface area contributed by atoms with Crippen LogP contribution >= 0.6 is 11.6 Å². The van der Waals surface area contributed by atoms with Crippen molar-refractivity contribution >= 4 is 38.8 Å². The van der Waals surface area contributed by atoms with E-state index in [2.05, 4.69) is 9.62 Å². The summed E-state index contributed by atoms with van der Waals surface area (Å²) in [6.07, 6.45) is 2.78. The molecular weight excluding hydrogens is 478 g/mol. The number of morpholine rings is 1. The highest BCUT2D eigenvalue weighted by Crippen LogP contribution is 2.27. The molecule has 1 aliphatic heterocycles. The number of ketones is 1. The molecule has 2 atom stereocenters. The van der Waals surface area contributed by atoms with Crippen molar-refractivity contribution in [2.75, 3.05) is 22.7 Å². The molecular formula is C24H25ClN3O5S+. The molecule has 2 aromatic carbocycles. The molecule has 2 N–H and O–H groups in total. The van der Waals surface area contributed by atoms with Gasteiger partial charge in [0.2, 0.25) is 12.4 Å². The maximum Gasteiger partial charge on any atom is 0.261 e. The topological polar surface area (TPSA) is 99.8 Å². The number of aromatic nitrogens is 1. The van der Waals surface area contributed by atoms with Crippen LogP contribution in [0.25, 0.3) is 0 Å². The van der Waals surface area contributed by atoms with E-state index in [0.29, 0.717) is 0 Å². The molecule has 8 nitrogen and oxygen atoms in total. The summed E-state index contributed by atoms with van der Waals surface area (Å²) in [5, 5.41) is 9.69. The molecule has 1 saturated heterocycles. The van der Waals surface area contributed by atoms with Gasteiger partial charge in [-0.05, 0) is 56.3 Å². The number of nitrogens with zero attached hydrogens (tertiary/aromatic N) is 2. The second-order valence-corrected chi connectivity index (χ2v) is 10.4. The van der Waals surface area contributed by atoms with Crippen molar-refractivity contribution in [2.24, 2.45) is 0 Å². The average molecular weight is 503 g/mol. The highest BCUT2D eigenvalue weighted by Gasteiger charge is 2.24. The number of anilines is 2. The molecule has 1 fully saturated rings. The standard InChI is InChI=1S/C24H24ClN3O5S/c1-16-14-27(15-17(2)33-16)20-4-6-21(7-5-20)34(31,32)26-23-8-3-19(25)13-22(23)24(29)18-9-11-28(30)12-10-18/h3-13,16-17H,14-15H2,1-2H3,(H-,26,29,30)/p+1/t16-,17+. The van der Waals surface area contributed by atoms with Crippen molar-refractivity contribution in [3.8, 4) is 0 Å². The van der Waals surface area contributed by atoms with Crippen LogP contribution in [-0.4, -0.2) is 44.7 Å². The second-order valence-electron chi connectivity index (χ2n) is 8.25. The highest BCUT2D eigenvalue weighted by molar-refractivity contribution is 7.92. The van der Waals surface area contributed by atoms with Gasteiger partial charge in [0.05, 0.1) is 22.8 Å². The predicted octanol–water partition coefficient (Wildman–Crippen LogP) is 3.51. The van der Waals surface area contributed by atoms with E-state index in [1.54, 1.807) is 12.1 Å². The Balaban J connectivity index is 1.59. The van der Waals surface area contributed by atoms with Gasteiger partial charge in [-0.1, -0.05) is 11.6 Å². The number of carbonyl (C=O) groups excluding carboxylic acids is 1. The molecule has 1 aliphatic rings. The smallest absolute Gasteiger partial charge is 0.261 e. The van der Waals surface area contributed by atoms with Gasteiger partial charge in [-0.15, -0.1) is 0 Å². The maximum atomic E-state index is 13.1. The Morgan fingerprint density at radius 3 is 2.29 bits per heavy atom. The van der Waals surface area contributed by atoms with Crippen molar-refractivity contribution in [1.29, 1.82) is 0 Å². The summed E-state index contributed by atoms with van der Waals surface area (Å²) >= 11 is 6.09. The number of hydrogen-bond donors (Lipinski definition) is 2. The zero-order valence-electron chi connectivity index (χ0n) is 18.7. The third kappa shape index (κ3) is 5.32. The Kier molecular flexibility index (Phi) is 6.79. The van der Waals surface area contributed by atoms with Crippen LogP contribution in [0.5, 0.6) is 0 Å². The van der Waals surface area contributed by atoms with E-state index in [1.165, 1.54) is 54.9 Å². The summed E-state index contributed by atoms with van der Waals surface area (Å²) < 4.78 is 35.3. The van der Waals surface area contributed by atoms with E-state index in [9.17, 15) is 18.4 Å². The van der Waals surface area contributed by atoms with Crippen LogP contribution < -0.4 is 14.4 Å². The van der Waals surface area contributed by atoms with Crippen molar-refractivity contribution in [3.63, 3.8) is 0 Å². The molecule has 10 heteroatoms. The predicted molar refractivity (Wildman–Crippen MR) is 128 cm³/mol. The third-order valence-electron chi connectivity index (χ3n) is 5.48. The quantitative estimate of drug-likeness (QED) is 0.304. The number of carbonyl (C=O) groups is 1. The monoisotopic (exact) mass is 502 g/mol. The lowest BCUT2D eigenvalue weighted by Gasteiger charge is -2.36. The highest BCUT2D eigenvalue weighted by atomic mass is 35.5. The Bertz CT molecular complexity index is 1290. The number of rotatable bonds is 6. The van der Waals surface area contributed by atoms with Gasteiger partial charge in [-0.3, -0.25) is 14.7 Å². The van der Waals surface area contributed by atoms with E-state index in [0.717, 1.165) is 23.5 Å². The van der Waals surface area contributed by atoms with Crippen LogP contribution in [0.2, 0.25) is 5.02 Å². The summed E-state index contributed by atoms with van der Waals surface area (Å²) in [6, 6.07) is 13.8. The lowest BCUT2D eigenvalue weighted by molar-refractivity contribution is -0.904. The van der Waals surface area contributed by atoms with E-state index < -0.39 is 15.8 Å². The lowest BCUT2D eigenvalue weighted by Crippen LogP contribution is -2.45. The van der Waals surface area contributed by atoms with Gasteiger partial charge >= 0.3 is 0 Å². The number of benzene rings is 2. The van der Waals surface area contributed by atoms with E-state index in [-0.39, 0.29) is 38.9 Å². The minimum atomic E-state index is -3.97. The Labute approximate surface area is 203 Å². The Hall–Kier alpha value is -3.14. The molecule has 3 aromatic rings. The first-order chi connectivity index (χ1) is 16.1. The molecule has 0 unspecified atom stereocenters. The van der Waals surface area contributed by atoms with Gasteiger partial charge in [0.1, 0.15) is 0 Å². The van der Waals surface area contributed by atoms with Crippen LogP contribution in [0, 0.1) is 0 Å². The van der Waals surface area contributed by atoms with Crippen molar-refractivity contribution in [3.05, 3.63) is 83.1 Å². The maximum absolute atomic E-state index is 13.1. The number of halogens is 1. The van der Waals surface area contributed by atoms with Crippen molar-refractivity contribution in [2.45, 2.75) is 31.0 Å². The van der Waals surface area contributed by atoms with Crippen LogP contribution in [0.3, 0.4) is 0 Å². The Morgan fingerprint density at radius 2 is 1.68 bits per heavy atom. The second kappa shape index (κ2) is 9.61. The van der Waals surface area contributed by atoms with Crippen LogP contribution in [0.15, 0.2) is 71.9 Å². The van der Waals surface area contributed by atoms with Crippen LogP contribution in [-0.2, 0) is 14.8 Å². The minimum absolute atomic E-state index is 0.0694. The lowest BCUT2D eigenvalue weighted by atomic mass is 10.0. The number of sulfonamides is 1. The van der Waals surface area contributed by atoms with Gasteiger partial charge in [-0.2, -0.15) is 0 Å². The minimum Gasteiger partial charge on any atom is -0.372 e. The summed E-state index contributed by atoms with van der Waals surface area (Å²) in [7, 11) is -3.97. The summed E-state index contributed by atoms with van der Waals surface area (Å²) in [5.74, 6) is -0.438. The molecule has 4 rings (SSSR count). The average Bonchev–Trinajstić information content (AvgIpc) is 2.79. The largest absolute Gasteiger partial charge is 0.372 e. The van der Waals surface area contributed by atoms with Crippen molar-refractivity contribution in [1.82, 2.24) is 0 Å². The van der Waals surface area contributed by atoms with Gasteiger partial charge in [0, 0.05) is 51.8 Å². The van der Waals surface area contributed by atoms with Crippen LogP contribution in [0.4, 0.5) is 11.4 Å². The van der Waals surface area contributed by atoms with Gasteiger partial charge < -0.3 is 9.64 Å². The van der Waals surface area contributed by atoms with Crippen LogP contribution in [0.1, 0.15) is 29.8 Å². The first kappa shape index (κ1) is 24.0. The molecule has 2 heterocycles. The Morgan fingerprint density at radius 1 is 1.06 bits per heavy atom. The zero-order valence-corrected chi connectivity index (χ0v) is 20.3. The SMILES string of the molecule is C[C@@H]1CN(c2ccc(S(=O)(=O)Nc3ccc(Cl)cc3C(=O)c3cc[n+](O)cc3)cc2)C[C@H](C)O1. The van der Waals surface area contributed by atoms with Gasteiger partial charge in [-0.25, -0.2) is 8.42 Å². The normalized spacial score (nSPS) is 18.5.